The summed E-state index contributed by atoms with van der Waals surface area (Å²) < 4.78 is 0. The minimum Gasteiger partial charge on any atom is -0.347 e. The number of nitrogens with two attached hydrogens (primary N) is 1. The van der Waals surface area contributed by atoms with E-state index in [1.54, 1.807) is 0 Å². The van der Waals surface area contributed by atoms with E-state index in [4.69, 9.17) is 5.73 Å². The Hall–Kier alpha value is -2.28. The molecule has 0 radical (unpaired) electrons. The van der Waals surface area contributed by atoms with Gasteiger partial charge in [-0.2, -0.15) is 0 Å². The number of halogens is 1. The molecular weight excluding hydrogens is 392 g/mol. The largest absolute Gasteiger partial charge is 0.347 e. The third-order valence-corrected chi connectivity index (χ3v) is 5.37. The van der Waals surface area contributed by atoms with E-state index < -0.39 is 0 Å². The van der Waals surface area contributed by atoms with Gasteiger partial charge < -0.3 is 11.1 Å². The highest BCUT2D eigenvalue weighted by Gasteiger charge is 2.19. The summed E-state index contributed by atoms with van der Waals surface area (Å²) in [6.07, 6.45) is 0.659. The second kappa shape index (κ2) is 9.78. The number of carbonyl (C=O) groups is 1. The topological polar surface area (TPSA) is 80.9 Å². The normalized spacial score (nSPS) is 11.6. The maximum absolute atomic E-state index is 11.7. The van der Waals surface area contributed by atoms with E-state index in [0.717, 1.165) is 26.7 Å². The Morgan fingerprint density at radius 3 is 2.25 bits per heavy atom. The van der Waals surface area contributed by atoms with Crippen LogP contribution in [0.2, 0.25) is 0 Å². The first-order valence-corrected chi connectivity index (χ1v) is 9.73. The summed E-state index contributed by atoms with van der Waals surface area (Å²) >= 11 is 1.52. The first kappa shape index (κ1) is 22.0. The average Bonchev–Trinajstić information content (AvgIpc) is 3.11. The van der Waals surface area contributed by atoms with Crippen LogP contribution in [0.4, 0.5) is 0 Å². The molecule has 0 spiro atoms. The summed E-state index contributed by atoms with van der Waals surface area (Å²) in [5, 5.41) is 13.4. The standard InChI is InChI=1S/C21H24N4OS.ClH/c1-13-8-14(2)10-18(9-13)20-24-25-21(27-20)19(23-15(3)26)11-16-4-6-17(12-22)7-5-16;/h4-10,19H,11-12,22H2,1-3H3,(H,23,26);1H. The highest BCUT2D eigenvalue weighted by Crippen LogP contribution is 2.29. The third kappa shape index (κ3) is 5.61. The van der Waals surface area contributed by atoms with Gasteiger partial charge in [0.2, 0.25) is 5.91 Å². The molecule has 1 amide bonds. The second-order valence-electron chi connectivity index (χ2n) is 6.80. The fourth-order valence-corrected chi connectivity index (χ4v) is 3.96. The lowest BCUT2D eigenvalue weighted by atomic mass is 10.0. The molecule has 0 aliphatic carbocycles. The zero-order valence-corrected chi connectivity index (χ0v) is 17.9. The molecule has 28 heavy (non-hydrogen) atoms. The van der Waals surface area contributed by atoms with Crippen molar-refractivity contribution in [1.82, 2.24) is 15.5 Å². The van der Waals surface area contributed by atoms with Crippen molar-refractivity contribution in [3.05, 3.63) is 69.7 Å². The zero-order chi connectivity index (χ0) is 19.4. The summed E-state index contributed by atoms with van der Waals surface area (Å²) in [6.45, 7) is 6.19. The molecule has 0 fully saturated rings. The Labute approximate surface area is 175 Å². The molecule has 7 heteroatoms. The molecule has 1 atom stereocenters. The molecule has 0 bridgehead atoms. The minimum atomic E-state index is -0.205. The van der Waals surface area contributed by atoms with E-state index in [0.29, 0.717) is 13.0 Å². The summed E-state index contributed by atoms with van der Waals surface area (Å²) in [7, 11) is 0. The lowest BCUT2D eigenvalue weighted by Gasteiger charge is -2.15. The van der Waals surface area contributed by atoms with Crippen LogP contribution < -0.4 is 11.1 Å². The van der Waals surface area contributed by atoms with Crippen molar-refractivity contribution in [3.63, 3.8) is 0 Å². The molecule has 0 saturated carbocycles. The highest BCUT2D eigenvalue weighted by molar-refractivity contribution is 7.14. The number of amides is 1. The van der Waals surface area contributed by atoms with E-state index >= 15 is 0 Å². The van der Waals surface area contributed by atoms with Gasteiger partial charge in [-0.15, -0.1) is 22.6 Å². The fourth-order valence-electron chi connectivity index (χ4n) is 3.08. The molecule has 5 nitrogen and oxygen atoms in total. The molecule has 2 aromatic carbocycles. The minimum absolute atomic E-state index is 0. The van der Waals surface area contributed by atoms with E-state index in [1.807, 2.05) is 24.3 Å². The Balaban J connectivity index is 0.00000280. The van der Waals surface area contributed by atoms with Crippen LogP contribution in [0.1, 0.15) is 40.2 Å². The molecular formula is C21H25ClN4OS. The molecule has 0 aliphatic rings. The van der Waals surface area contributed by atoms with Crippen LogP contribution in [0.15, 0.2) is 42.5 Å². The van der Waals surface area contributed by atoms with Crippen LogP contribution in [-0.2, 0) is 17.8 Å². The number of carbonyl (C=O) groups excluding carboxylic acids is 1. The quantitative estimate of drug-likeness (QED) is 0.633. The molecule has 3 aromatic rings. The molecule has 3 N–H and O–H groups in total. The maximum Gasteiger partial charge on any atom is 0.217 e. The summed E-state index contributed by atoms with van der Waals surface area (Å²) in [5.41, 5.74) is 11.3. The zero-order valence-electron chi connectivity index (χ0n) is 16.2. The molecule has 1 aromatic heterocycles. The molecule has 1 unspecified atom stereocenters. The van der Waals surface area contributed by atoms with Gasteiger partial charge in [-0.1, -0.05) is 52.8 Å². The Kier molecular flexibility index (Phi) is 7.69. The van der Waals surface area contributed by atoms with Crippen LogP contribution in [0.3, 0.4) is 0 Å². The van der Waals surface area contributed by atoms with Gasteiger partial charge >= 0.3 is 0 Å². The van der Waals surface area contributed by atoms with Crippen LogP contribution in [0.5, 0.6) is 0 Å². The van der Waals surface area contributed by atoms with Gasteiger partial charge in [0.25, 0.3) is 0 Å². The Morgan fingerprint density at radius 2 is 1.68 bits per heavy atom. The van der Waals surface area contributed by atoms with Gasteiger partial charge in [0.15, 0.2) is 0 Å². The summed E-state index contributed by atoms with van der Waals surface area (Å²) in [6, 6.07) is 14.3. The third-order valence-electron chi connectivity index (χ3n) is 4.28. The molecule has 3 rings (SSSR count). The smallest absolute Gasteiger partial charge is 0.217 e. The number of nitrogens with zero attached hydrogens (tertiary/aromatic N) is 2. The van der Waals surface area contributed by atoms with Crippen LogP contribution >= 0.6 is 23.7 Å². The number of aromatic nitrogens is 2. The SMILES string of the molecule is CC(=O)NC(Cc1ccc(CN)cc1)c1nnc(-c2cc(C)cc(C)c2)s1.Cl. The van der Waals surface area contributed by atoms with Crippen LogP contribution in [-0.4, -0.2) is 16.1 Å². The molecule has 148 valence electrons. The van der Waals surface area contributed by atoms with Gasteiger partial charge in [-0.25, -0.2) is 0 Å². The van der Waals surface area contributed by atoms with Crippen LogP contribution in [0, 0.1) is 13.8 Å². The number of aryl methyl sites for hydroxylation is 2. The maximum atomic E-state index is 11.7. The van der Waals surface area contributed by atoms with Crippen molar-refractivity contribution in [2.24, 2.45) is 5.73 Å². The van der Waals surface area contributed by atoms with Gasteiger partial charge in [0.05, 0.1) is 6.04 Å². The van der Waals surface area contributed by atoms with E-state index in [-0.39, 0.29) is 24.4 Å². The summed E-state index contributed by atoms with van der Waals surface area (Å²) in [5.74, 6) is -0.0817. The first-order chi connectivity index (χ1) is 12.9. The number of hydrogen-bond acceptors (Lipinski definition) is 5. The van der Waals surface area contributed by atoms with Crippen molar-refractivity contribution in [2.75, 3.05) is 0 Å². The monoisotopic (exact) mass is 416 g/mol. The lowest BCUT2D eigenvalue weighted by Crippen LogP contribution is -2.27. The van der Waals surface area contributed by atoms with E-state index in [9.17, 15) is 4.79 Å². The molecule has 1 heterocycles. The van der Waals surface area contributed by atoms with E-state index in [1.165, 1.54) is 29.4 Å². The molecule has 0 saturated heterocycles. The first-order valence-electron chi connectivity index (χ1n) is 8.91. The highest BCUT2D eigenvalue weighted by atomic mass is 35.5. The molecule has 0 aliphatic heterocycles. The fraction of sp³-hybridized carbons (Fsp3) is 0.286. The van der Waals surface area contributed by atoms with Crippen molar-refractivity contribution in [3.8, 4) is 10.6 Å². The van der Waals surface area contributed by atoms with Gasteiger partial charge in [0.1, 0.15) is 10.0 Å². The average molecular weight is 417 g/mol. The summed E-state index contributed by atoms with van der Waals surface area (Å²) in [4.78, 5) is 11.7. The van der Waals surface area contributed by atoms with Gasteiger partial charge in [0, 0.05) is 19.0 Å². The van der Waals surface area contributed by atoms with Crippen LogP contribution in [0.25, 0.3) is 10.6 Å². The number of nitrogens with one attached hydrogen (secondary N) is 1. The number of rotatable bonds is 6. The second-order valence-corrected chi connectivity index (χ2v) is 7.81. The van der Waals surface area contributed by atoms with Gasteiger partial charge in [-0.05, 0) is 43.5 Å². The Morgan fingerprint density at radius 1 is 1.07 bits per heavy atom. The van der Waals surface area contributed by atoms with Crippen molar-refractivity contribution < 1.29 is 4.79 Å². The Bertz CT molecular complexity index is 920. The van der Waals surface area contributed by atoms with Crippen molar-refractivity contribution >= 4 is 29.7 Å². The van der Waals surface area contributed by atoms with Crippen molar-refractivity contribution in [1.29, 1.82) is 0 Å². The lowest BCUT2D eigenvalue weighted by molar-refractivity contribution is -0.119. The van der Waals surface area contributed by atoms with Crippen molar-refractivity contribution in [2.45, 2.75) is 39.8 Å². The predicted octanol–water partition coefficient (Wildman–Crippen LogP) is 4.12. The number of benzene rings is 2. The van der Waals surface area contributed by atoms with Gasteiger partial charge in [-0.3, -0.25) is 4.79 Å². The predicted molar refractivity (Wildman–Crippen MR) is 117 cm³/mol. The van der Waals surface area contributed by atoms with E-state index in [2.05, 4.69) is 47.6 Å². The number of hydrogen-bond donors (Lipinski definition) is 2.